The average molecular weight is 438 g/mol. The Morgan fingerprint density at radius 1 is 1.09 bits per heavy atom. The smallest absolute Gasteiger partial charge is 0.395 e. The second kappa shape index (κ2) is 6.99. The van der Waals surface area contributed by atoms with E-state index >= 15 is 0 Å². The number of nitrogens with zero attached hydrogens (tertiary/aromatic N) is 5. The zero-order valence-electron chi connectivity index (χ0n) is 17.0. The zero-order valence-corrected chi connectivity index (χ0v) is 17.0. The molecule has 2 aliphatic rings. The van der Waals surface area contributed by atoms with E-state index in [2.05, 4.69) is 53.7 Å². The van der Waals surface area contributed by atoms with Crippen molar-refractivity contribution < 1.29 is 18.3 Å². The summed E-state index contributed by atoms with van der Waals surface area (Å²) < 4.78 is 37.6. The number of halogens is 2. The van der Waals surface area contributed by atoms with Crippen LogP contribution in [0.25, 0.3) is 16.6 Å². The van der Waals surface area contributed by atoms with E-state index in [0.717, 1.165) is 26.1 Å². The van der Waals surface area contributed by atoms with E-state index in [4.69, 9.17) is 5.73 Å². The highest BCUT2D eigenvalue weighted by molar-refractivity contribution is 5.97. The highest BCUT2D eigenvalue weighted by Crippen LogP contribution is 2.45. The summed E-state index contributed by atoms with van der Waals surface area (Å²) in [5.41, 5.74) is 8.05. The molecule has 32 heavy (non-hydrogen) atoms. The molecule has 1 atom stereocenters. The molecule has 0 spiro atoms. The first kappa shape index (κ1) is 19.2. The van der Waals surface area contributed by atoms with Crippen molar-refractivity contribution in [2.75, 3.05) is 25.4 Å². The SMILES string of the molecule is Nc1nc2c3c(ccc2c2nc(CCN4CCC(c5ccccc5)C4)nn12)OC(F)(F)O3. The molecule has 4 heterocycles. The molecule has 0 amide bonds. The maximum Gasteiger partial charge on any atom is 0.586 e. The van der Waals surface area contributed by atoms with Crippen LogP contribution in [0.1, 0.15) is 23.7 Å². The van der Waals surface area contributed by atoms with E-state index in [9.17, 15) is 8.78 Å². The van der Waals surface area contributed by atoms with Crippen LogP contribution in [-0.2, 0) is 6.42 Å². The number of aromatic nitrogens is 4. The van der Waals surface area contributed by atoms with Crippen molar-refractivity contribution in [2.24, 2.45) is 0 Å². The topological polar surface area (TPSA) is 90.8 Å². The van der Waals surface area contributed by atoms with Crippen molar-refractivity contribution in [2.45, 2.75) is 25.1 Å². The fourth-order valence-electron chi connectivity index (χ4n) is 4.54. The van der Waals surface area contributed by atoms with Crippen molar-refractivity contribution >= 4 is 22.5 Å². The van der Waals surface area contributed by atoms with Gasteiger partial charge in [-0.15, -0.1) is 13.9 Å². The molecule has 2 aromatic carbocycles. The summed E-state index contributed by atoms with van der Waals surface area (Å²) in [6.45, 7) is 2.85. The summed E-state index contributed by atoms with van der Waals surface area (Å²) in [6, 6.07) is 13.6. The van der Waals surface area contributed by atoms with Gasteiger partial charge in [0.15, 0.2) is 23.0 Å². The summed E-state index contributed by atoms with van der Waals surface area (Å²) in [4.78, 5) is 11.3. The minimum absolute atomic E-state index is 0.0452. The first-order valence-electron chi connectivity index (χ1n) is 10.5. The molecule has 164 valence electrons. The van der Waals surface area contributed by atoms with Crippen molar-refractivity contribution in [3.8, 4) is 11.5 Å². The van der Waals surface area contributed by atoms with Gasteiger partial charge in [-0.25, -0.2) is 9.97 Å². The van der Waals surface area contributed by atoms with E-state index < -0.39 is 6.29 Å². The monoisotopic (exact) mass is 438 g/mol. The maximum atomic E-state index is 13.5. The van der Waals surface area contributed by atoms with E-state index in [1.807, 2.05) is 6.07 Å². The molecule has 6 rings (SSSR count). The third-order valence-electron chi connectivity index (χ3n) is 6.08. The number of benzene rings is 2. The largest absolute Gasteiger partial charge is 0.586 e. The highest BCUT2D eigenvalue weighted by Gasteiger charge is 2.45. The van der Waals surface area contributed by atoms with Gasteiger partial charge in [-0.1, -0.05) is 30.3 Å². The molecular formula is C22H20F2N6O2. The standard InChI is InChI=1S/C22H20F2N6O2/c23-22(24)31-16-7-6-15-18(19(16)32-22)27-21(25)30-20(15)26-17(28-30)9-11-29-10-8-14(12-29)13-4-2-1-3-5-13/h1-7,14H,8-12H2,(H2,25,27). The number of alkyl halides is 2. The Morgan fingerprint density at radius 3 is 2.78 bits per heavy atom. The Bertz CT molecular complexity index is 1330. The van der Waals surface area contributed by atoms with Gasteiger partial charge in [-0.3, -0.25) is 0 Å². The van der Waals surface area contributed by atoms with Gasteiger partial charge in [0.2, 0.25) is 5.95 Å². The predicted molar refractivity (Wildman–Crippen MR) is 113 cm³/mol. The van der Waals surface area contributed by atoms with Crippen LogP contribution in [-0.4, -0.2) is 50.4 Å². The van der Waals surface area contributed by atoms with Crippen LogP contribution in [0.2, 0.25) is 0 Å². The summed E-state index contributed by atoms with van der Waals surface area (Å²) >= 11 is 0. The molecule has 1 unspecified atom stereocenters. The molecule has 2 N–H and O–H groups in total. The summed E-state index contributed by atoms with van der Waals surface area (Å²) in [6.07, 6.45) is -1.96. The second-order valence-corrected chi connectivity index (χ2v) is 8.14. The number of hydrogen-bond acceptors (Lipinski definition) is 7. The van der Waals surface area contributed by atoms with Crippen molar-refractivity contribution in [1.29, 1.82) is 0 Å². The molecule has 1 fully saturated rings. The van der Waals surface area contributed by atoms with E-state index in [0.29, 0.717) is 29.2 Å². The third-order valence-corrected chi connectivity index (χ3v) is 6.08. The Labute approximate surface area is 181 Å². The average Bonchev–Trinajstić information content (AvgIpc) is 3.49. The summed E-state index contributed by atoms with van der Waals surface area (Å²) in [5, 5.41) is 5.01. The van der Waals surface area contributed by atoms with Gasteiger partial charge < -0.3 is 20.1 Å². The number of nitrogen functional groups attached to an aromatic ring is 1. The molecule has 10 heteroatoms. The Hall–Kier alpha value is -3.53. The molecule has 8 nitrogen and oxygen atoms in total. The Morgan fingerprint density at radius 2 is 1.94 bits per heavy atom. The molecule has 0 saturated carbocycles. The van der Waals surface area contributed by atoms with Gasteiger partial charge in [0.25, 0.3) is 0 Å². The predicted octanol–water partition coefficient (Wildman–Crippen LogP) is 3.21. The van der Waals surface area contributed by atoms with E-state index in [1.165, 1.54) is 16.1 Å². The van der Waals surface area contributed by atoms with Crippen LogP contribution < -0.4 is 15.2 Å². The highest BCUT2D eigenvalue weighted by atomic mass is 19.3. The van der Waals surface area contributed by atoms with Gasteiger partial charge in [-0.05, 0) is 36.6 Å². The molecule has 0 bridgehead atoms. The van der Waals surface area contributed by atoms with Crippen molar-refractivity contribution in [3.63, 3.8) is 0 Å². The van der Waals surface area contributed by atoms with Gasteiger partial charge in [0.1, 0.15) is 5.52 Å². The fourth-order valence-corrected chi connectivity index (χ4v) is 4.54. The van der Waals surface area contributed by atoms with Gasteiger partial charge in [0, 0.05) is 24.9 Å². The molecule has 4 aromatic rings. The fraction of sp³-hybridized carbons (Fsp3) is 0.318. The zero-order chi connectivity index (χ0) is 21.9. The lowest BCUT2D eigenvalue weighted by molar-refractivity contribution is -0.286. The Kier molecular flexibility index (Phi) is 4.19. The number of ether oxygens (including phenoxy) is 2. The number of nitrogens with two attached hydrogens (primary N) is 1. The van der Waals surface area contributed by atoms with E-state index in [-0.39, 0.29) is 23.0 Å². The molecule has 0 radical (unpaired) electrons. The van der Waals surface area contributed by atoms with Crippen molar-refractivity contribution in [1.82, 2.24) is 24.5 Å². The number of fused-ring (bicyclic) bond motifs is 5. The van der Waals surface area contributed by atoms with Gasteiger partial charge in [0.05, 0.1) is 0 Å². The van der Waals surface area contributed by atoms with Crippen LogP contribution in [0, 0.1) is 0 Å². The number of rotatable bonds is 4. The third kappa shape index (κ3) is 3.18. The normalized spacial score (nSPS) is 19.9. The molecule has 2 aliphatic heterocycles. The first-order chi connectivity index (χ1) is 15.5. The molecule has 2 aromatic heterocycles. The number of likely N-dealkylation sites (tertiary alicyclic amines) is 1. The minimum atomic E-state index is -3.73. The van der Waals surface area contributed by atoms with Crippen LogP contribution in [0.4, 0.5) is 14.7 Å². The van der Waals surface area contributed by atoms with Crippen LogP contribution in [0.5, 0.6) is 11.5 Å². The lowest BCUT2D eigenvalue weighted by Gasteiger charge is -2.15. The van der Waals surface area contributed by atoms with Crippen molar-refractivity contribution in [3.05, 3.63) is 53.9 Å². The maximum absolute atomic E-state index is 13.5. The van der Waals surface area contributed by atoms with Gasteiger partial charge in [-0.2, -0.15) is 4.52 Å². The van der Waals surface area contributed by atoms with Gasteiger partial charge >= 0.3 is 6.29 Å². The van der Waals surface area contributed by atoms with Crippen LogP contribution in [0.15, 0.2) is 42.5 Å². The summed E-state index contributed by atoms with van der Waals surface area (Å²) in [7, 11) is 0. The molecular weight excluding hydrogens is 418 g/mol. The van der Waals surface area contributed by atoms with Crippen LogP contribution >= 0.6 is 0 Å². The number of hydrogen-bond donors (Lipinski definition) is 1. The second-order valence-electron chi connectivity index (χ2n) is 8.14. The summed E-state index contributed by atoms with van der Waals surface area (Å²) in [5.74, 6) is 0.980. The van der Waals surface area contributed by atoms with Crippen LogP contribution in [0.3, 0.4) is 0 Å². The first-order valence-corrected chi connectivity index (χ1v) is 10.5. The molecule has 1 saturated heterocycles. The van der Waals surface area contributed by atoms with E-state index in [1.54, 1.807) is 6.07 Å². The minimum Gasteiger partial charge on any atom is -0.395 e. The lowest BCUT2D eigenvalue weighted by atomic mass is 9.99. The quantitative estimate of drug-likeness (QED) is 0.523. The number of anilines is 1. The lowest BCUT2D eigenvalue weighted by Crippen LogP contribution is -2.26. The Balaban J connectivity index is 1.25. The molecule has 0 aliphatic carbocycles.